The van der Waals surface area contributed by atoms with E-state index in [9.17, 15) is 13.2 Å². The molecule has 7 nitrogen and oxygen atoms in total. The molecule has 0 radical (unpaired) electrons. The summed E-state index contributed by atoms with van der Waals surface area (Å²) in [5.41, 5.74) is 0.434. The lowest BCUT2D eigenvalue weighted by Crippen LogP contribution is -2.30. The van der Waals surface area contributed by atoms with E-state index in [1.54, 1.807) is 0 Å². The van der Waals surface area contributed by atoms with Crippen molar-refractivity contribution >= 4 is 28.3 Å². The van der Waals surface area contributed by atoms with Crippen LogP contribution in [0.15, 0.2) is 29.2 Å². The van der Waals surface area contributed by atoms with Crippen LogP contribution in [0.25, 0.3) is 0 Å². The summed E-state index contributed by atoms with van der Waals surface area (Å²) >= 11 is 0. The highest BCUT2D eigenvalue weighted by atomic mass is 35.5. The molecule has 0 aliphatic carbocycles. The van der Waals surface area contributed by atoms with Crippen molar-refractivity contribution in [2.24, 2.45) is 0 Å². The van der Waals surface area contributed by atoms with E-state index >= 15 is 0 Å². The third-order valence-electron chi connectivity index (χ3n) is 3.99. The zero-order valence-corrected chi connectivity index (χ0v) is 15.7. The molecule has 1 atom stereocenters. The molecule has 25 heavy (non-hydrogen) atoms. The first kappa shape index (κ1) is 21.9. The van der Waals surface area contributed by atoms with Crippen LogP contribution in [0.1, 0.15) is 36.0 Å². The van der Waals surface area contributed by atoms with Crippen molar-refractivity contribution in [1.29, 1.82) is 0 Å². The average molecular weight is 392 g/mol. The van der Waals surface area contributed by atoms with Gasteiger partial charge in [-0.25, -0.2) is 13.1 Å². The van der Waals surface area contributed by atoms with Crippen molar-refractivity contribution in [3.63, 3.8) is 0 Å². The van der Waals surface area contributed by atoms with Crippen LogP contribution < -0.4 is 15.4 Å². The summed E-state index contributed by atoms with van der Waals surface area (Å²) in [7, 11) is -3.60. The molecular formula is C16H26ClN3O4S. The Morgan fingerprint density at radius 2 is 1.96 bits per heavy atom. The molecule has 0 saturated carbocycles. The smallest absolute Gasteiger partial charge is 0.251 e. The molecule has 0 unspecified atom stereocenters. The van der Waals surface area contributed by atoms with Crippen LogP contribution in [-0.4, -0.2) is 51.7 Å². The van der Waals surface area contributed by atoms with Crippen LogP contribution in [0.2, 0.25) is 0 Å². The molecule has 1 fully saturated rings. The summed E-state index contributed by atoms with van der Waals surface area (Å²) in [6.45, 7) is 1.74. The highest BCUT2D eigenvalue weighted by molar-refractivity contribution is 7.89. The number of aliphatic hydroxyl groups excluding tert-OH is 1. The van der Waals surface area contributed by atoms with Crippen molar-refractivity contribution < 1.29 is 18.3 Å². The van der Waals surface area contributed by atoms with Crippen LogP contribution in [0.3, 0.4) is 0 Å². The number of nitrogens with one attached hydrogen (secondary N) is 3. The molecule has 0 bridgehead atoms. The van der Waals surface area contributed by atoms with Crippen molar-refractivity contribution in [3.05, 3.63) is 29.8 Å². The molecule has 2 rings (SSSR count). The first-order valence-corrected chi connectivity index (χ1v) is 9.73. The zero-order chi connectivity index (χ0) is 17.4. The lowest BCUT2D eigenvalue weighted by atomic mass is 10.1. The largest absolute Gasteiger partial charge is 0.396 e. The minimum absolute atomic E-state index is 0. The van der Waals surface area contributed by atoms with E-state index in [-0.39, 0.29) is 36.4 Å². The van der Waals surface area contributed by atoms with Gasteiger partial charge in [0.25, 0.3) is 5.91 Å². The van der Waals surface area contributed by atoms with Crippen molar-refractivity contribution in [2.75, 3.05) is 26.2 Å². The first-order valence-electron chi connectivity index (χ1n) is 8.25. The number of hydrogen-bond acceptors (Lipinski definition) is 5. The monoisotopic (exact) mass is 391 g/mol. The molecule has 1 heterocycles. The van der Waals surface area contributed by atoms with Gasteiger partial charge in [0, 0.05) is 31.3 Å². The zero-order valence-electron chi connectivity index (χ0n) is 14.0. The summed E-state index contributed by atoms with van der Waals surface area (Å²) in [6, 6.07) is 6.31. The van der Waals surface area contributed by atoms with E-state index in [0.29, 0.717) is 24.6 Å². The predicted molar refractivity (Wildman–Crippen MR) is 98.6 cm³/mol. The molecule has 9 heteroatoms. The fourth-order valence-corrected chi connectivity index (χ4v) is 3.69. The number of rotatable bonds is 9. The van der Waals surface area contributed by atoms with E-state index in [0.717, 1.165) is 19.4 Å². The van der Waals surface area contributed by atoms with Gasteiger partial charge in [0.2, 0.25) is 10.0 Å². The van der Waals surface area contributed by atoms with E-state index in [1.807, 2.05) is 0 Å². The van der Waals surface area contributed by atoms with E-state index in [4.69, 9.17) is 5.11 Å². The second kappa shape index (κ2) is 10.7. The standard InChI is InChI=1S/C16H25N3O4S.ClH/c20-12-2-10-19-24(22,23)15-6-4-13(5-7-15)16(21)18-11-8-14-3-1-9-17-14;/h4-7,14,17,19-20H,1-3,8-12H2,(H,18,21);1H/t14-;/m1./s1. The van der Waals surface area contributed by atoms with Gasteiger partial charge in [0.05, 0.1) is 4.90 Å². The normalized spacial score (nSPS) is 17.1. The number of aliphatic hydroxyl groups is 1. The van der Waals surface area contributed by atoms with E-state index in [1.165, 1.54) is 30.7 Å². The Labute approximate surface area is 155 Å². The lowest BCUT2D eigenvalue weighted by molar-refractivity contribution is 0.0952. The maximum absolute atomic E-state index is 12.1. The fourth-order valence-electron chi connectivity index (χ4n) is 2.62. The van der Waals surface area contributed by atoms with Crippen LogP contribution >= 0.6 is 12.4 Å². The quantitative estimate of drug-likeness (QED) is 0.462. The Balaban J connectivity index is 0.00000312. The molecule has 1 aliphatic rings. The van der Waals surface area contributed by atoms with Gasteiger partial charge < -0.3 is 15.7 Å². The molecule has 1 aromatic rings. The van der Waals surface area contributed by atoms with Crippen LogP contribution in [0, 0.1) is 0 Å². The van der Waals surface area contributed by atoms with Crippen molar-refractivity contribution in [3.8, 4) is 0 Å². The number of amides is 1. The van der Waals surface area contributed by atoms with Crippen molar-refractivity contribution in [1.82, 2.24) is 15.4 Å². The molecule has 0 aromatic heterocycles. The van der Waals surface area contributed by atoms with Gasteiger partial charge in [0.1, 0.15) is 0 Å². The minimum Gasteiger partial charge on any atom is -0.396 e. The topological polar surface area (TPSA) is 108 Å². The summed E-state index contributed by atoms with van der Waals surface area (Å²) in [6.07, 6.45) is 3.58. The van der Waals surface area contributed by atoms with Crippen LogP contribution in [0.4, 0.5) is 0 Å². The third kappa shape index (κ3) is 6.91. The van der Waals surface area contributed by atoms with E-state index < -0.39 is 10.0 Å². The SMILES string of the molecule is Cl.O=C(NCC[C@H]1CCCN1)c1ccc(S(=O)(=O)NCCCO)cc1. The van der Waals surface area contributed by atoms with Gasteiger partial charge in [-0.3, -0.25) is 4.79 Å². The van der Waals surface area contributed by atoms with Crippen LogP contribution in [-0.2, 0) is 10.0 Å². The Morgan fingerprint density at radius 3 is 2.56 bits per heavy atom. The summed E-state index contributed by atoms with van der Waals surface area (Å²) in [5.74, 6) is -0.204. The highest BCUT2D eigenvalue weighted by Crippen LogP contribution is 2.11. The van der Waals surface area contributed by atoms with Crippen LogP contribution in [0.5, 0.6) is 0 Å². The molecule has 1 aromatic carbocycles. The average Bonchev–Trinajstić information content (AvgIpc) is 3.08. The third-order valence-corrected chi connectivity index (χ3v) is 5.47. The number of carbonyl (C=O) groups is 1. The Morgan fingerprint density at radius 1 is 1.24 bits per heavy atom. The fraction of sp³-hybridized carbons (Fsp3) is 0.562. The Kier molecular flexibility index (Phi) is 9.37. The molecule has 1 aliphatic heterocycles. The molecule has 0 spiro atoms. The summed E-state index contributed by atoms with van der Waals surface area (Å²) in [4.78, 5) is 12.2. The second-order valence-corrected chi connectivity index (χ2v) is 7.60. The number of carbonyl (C=O) groups excluding carboxylic acids is 1. The summed E-state index contributed by atoms with van der Waals surface area (Å²) < 4.78 is 26.4. The van der Waals surface area contributed by atoms with Gasteiger partial charge in [0.15, 0.2) is 0 Å². The minimum atomic E-state index is -3.60. The predicted octanol–water partition coefficient (Wildman–Crippen LogP) is 0.641. The van der Waals surface area contributed by atoms with Crippen molar-refractivity contribution in [2.45, 2.75) is 36.6 Å². The van der Waals surface area contributed by atoms with Gasteiger partial charge in [-0.2, -0.15) is 0 Å². The van der Waals surface area contributed by atoms with Gasteiger partial charge >= 0.3 is 0 Å². The molecule has 1 amide bonds. The highest BCUT2D eigenvalue weighted by Gasteiger charge is 2.16. The Bertz CT molecular complexity index is 631. The Hall–Kier alpha value is -1.19. The first-order chi connectivity index (χ1) is 11.5. The maximum Gasteiger partial charge on any atom is 0.251 e. The molecule has 142 valence electrons. The van der Waals surface area contributed by atoms with E-state index in [2.05, 4.69) is 15.4 Å². The number of halogens is 1. The van der Waals surface area contributed by atoms with Gasteiger partial charge in [-0.15, -0.1) is 12.4 Å². The summed E-state index contributed by atoms with van der Waals surface area (Å²) in [5, 5.41) is 14.9. The van der Waals surface area contributed by atoms with Gasteiger partial charge in [-0.05, 0) is 56.5 Å². The lowest BCUT2D eigenvalue weighted by Gasteiger charge is -2.11. The molecular weight excluding hydrogens is 366 g/mol. The number of benzene rings is 1. The maximum atomic E-state index is 12.1. The molecule has 1 saturated heterocycles. The number of sulfonamides is 1. The molecule has 4 N–H and O–H groups in total. The number of hydrogen-bond donors (Lipinski definition) is 4. The second-order valence-electron chi connectivity index (χ2n) is 5.84. The van der Waals surface area contributed by atoms with Gasteiger partial charge in [-0.1, -0.05) is 0 Å².